The van der Waals surface area contributed by atoms with Crippen LogP contribution in [-0.4, -0.2) is 34.6 Å². The third-order valence-corrected chi connectivity index (χ3v) is 3.38. The first-order valence-electron chi connectivity index (χ1n) is 5.96. The van der Waals surface area contributed by atoms with Crippen molar-refractivity contribution in [1.82, 2.24) is 15.0 Å². The zero-order valence-corrected chi connectivity index (χ0v) is 11.2. The molecule has 0 aromatic carbocycles. The second-order valence-electron chi connectivity index (χ2n) is 4.65. The molecule has 17 heavy (non-hydrogen) atoms. The molecule has 1 aromatic rings. The van der Waals surface area contributed by atoms with E-state index in [2.05, 4.69) is 39.0 Å². The largest absolute Gasteiger partial charge is 0.357 e. The lowest BCUT2D eigenvalue weighted by atomic mass is 9.94. The highest BCUT2D eigenvalue weighted by Crippen LogP contribution is 2.26. The van der Waals surface area contributed by atoms with Gasteiger partial charge in [0.05, 0.1) is 0 Å². The minimum atomic E-state index is 0.241. The highest BCUT2D eigenvalue weighted by Gasteiger charge is 2.25. The van der Waals surface area contributed by atoms with E-state index in [4.69, 9.17) is 11.6 Å². The fourth-order valence-electron chi connectivity index (χ4n) is 2.28. The van der Waals surface area contributed by atoms with Gasteiger partial charge in [-0.25, -0.2) is 0 Å². The van der Waals surface area contributed by atoms with Gasteiger partial charge >= 0.3 is 0 Å². The summed E-state index contributed by atoms with van der Waals surface area (Å²) >= 11 is 5.90. The predicted octanol–water partition coefficient (Wildman–Crippen LogP) is 2.19. The van der Waals surface area contributed by atoms with Crippen molar-refractivity contribution < 1.29 is 0 Å². The molecule has 0 bridgehead atoms. The van der Waals surface area contributed by atoms with Crippen molar-refractivity contribution in [2.75, 3.05) is 23.8 Å². The van der Waals surface area contributed by atoms with Gasteiger partial charge in [-0.15, -0.1) is 0 Å². The molecular formula is C11H18ClN5. The van der Waals surface area contributed by atoms with E-state index in [0.29, 0.717) is 17.9 Å². The van der Waals surface area contributed by atoms with E-state index in [1.165, 1.54) is 6.42 Å². The summed E-state index contributed by atoms with van der Waals surface area (Å²) in [5.41, 5.74) is 0. The molecule has 1 aromatic heterocycles. The Morgan fingerprint density at radius 3 is 2.71 bits per heavy atom. The van der Waals surface area contributed by atoms with Crippen LogP contribution in [-0.2, 0) is 0 Å². The van der Waals surface area contributed by atoms with E-state index >= 15 is 0 Å². The van der Waals surface area contributed by atoms with Crippen LogP contribution in [0.2, 0.25) is 5.28 Å². The lowest BCUT2D eigenvalue weighted by Gasteiger charge is -2.36. The number of hydrogen-bond acceptors (Lipinski definition) is 5. The zero-order valence-electron chi connectivity index (χ0n) is 10.4. The van der Waals surface area contributed by atoms with Gasteiger partial charge in [0.15, 0.2) is 0 Å². The van der Waals surface area contributed by atoms with E-state index < -0.39 is 0 Å². The fourth-order valence-corrected chi connectivity index (χ4v) is 2.44. The number of aromatic nitrogens is 3. The van der Waals surface area contributed by atoms with Crippen molar-refractivity contribution in [3.63, 3.8) is 0 Å². The second-order valence-corrected chi connectivity index (χ2v) is 4.99. The minimum absolute atomic E-state index is 0.241. The number of nitrogens with zero attached hydrogens (tertiary/aromatic N) is 4. The maximum absolute atomic E-state index is 5.90. The molecule has 94 valence electrons. The van der Waals surface area contributed by atoms with E-state index in [1.807, 2.05) is 0 Å². The number of halogens is 1. The molecule has 1 fully saturated rings. The van der Waals surface area contributed by atoms with E-state index in [1.54, 1.807) is 7.05 Å². The highest BCUT2D eigenvalue weighted by atomic mass is 35.5. The van der Waals surface area contributed by atoms with Gasteiger partial charge in [-0.1, -0.05) is 6.92 Å². The smallest absolute Gasteiger partial charge is 0.231 e. The average Bonchev–Trinajstić information content (AvgIpc) is 2.28. The van der Waals surface area contributed by atoms with Crippen LogP contribution in [0.3, 0.4) is 0 Å². The van der Waals surface area contributed by atoms with Crippen molar-refractivity contribution in [3.8, 4) is 0 Å². The predicted molar refractivity (Wildman–Crippen MR) is 69.6 cm³/mol. The fraction of sp³-hybridized carbons (Fsp3) is 0.727. The van der Waals surface area contributed by atoms with Crippen LogP contribution in [0, 0.1) is 5.92 Å². The van der Waals surface area contributed by atoms with Gasteiger partial charge in [-0.2, -0.15) is 15.0 Å². The van der Waals surface area contributed by atoms with Gasteiger partial charge in [0.2, 0.25) is 17.2 Å². The van der Waals surface area contributed by atoms with Crippen LogP contribution in [0.4, 0.5) is 11.9 Å². The molecule has 0 aliphatic carbocycles. The minimum Gasteiger partial charge on any atom is -0.357 e. The van der Waals surface area contributed by atoms with Gasteiger partial charge in [0.1, 0.15) is 0 Å². The molecule has 0 amide bonds. The average molecular weight is 256 g/mol. The topological polar surface area (TPSA) is 53.9 Å². The molecule has 1 aliphatic rings. The molecule has 2 heterocycles. The van der Waals surface area contributed by atoms with Crippen LogP contribution < -0.4 is 10.2 Å². The summed E-state index contributed by atoms with van der Waals surface area (Å²) in [6, 6.07) is 0.446. The van der Waals surface area contributed by atoms with E-state index in [0.717, 1.165) is 18.9 Å². The summed E-state index contributed by atoms with van der Waals surface area (Å²) in [5, 5.41) is 3.14. The normalized spacial score (nSPS) is 24.8. The molecule has 6 heteroatoms. The van der Waals surface area contributed by atoms with Crippen molar-refractivity contribution in [1.29, 1.82) is 0 Å². The van der Waals surface area contributed by atoms with Crippen LogP contribution in [0.1, 0.15) is 26.7 Å². The van der Waals surface area contributed by atoms with Crippen molar-refractivity contribution in [2.45, 2.75) is 32.7 Å². The van der Waals surface area contributed by atoms with Gasteiger partial charge in [0.25, 0.3) is 0 Å². The van der Waals surface area contributed by atoms with Gasteiger partial charge in [-0.3, -0.25) is 0 Å². The summed E-state index contributed by atoms with van der Waals surface area (Å²) < 4.78 is 0. The SMILES string of the molecule is CNc1nc(Cl)nc(N2CCC(C)CC2C)n1. The first-order chi connectivity index (χ1) is 8.10. The molecule has 1 N–H and O–H groups in total. The Morgan fingerprint density at radius 2 is 2.06 bits per heavy atom. The van der Waals surface area contributed by atoms with Gasteiger partial charge in [0, 0.05) is 19.6 Å². The number of piperidine rings is 1. The summed E-state index contributed by atoms with van der Waals surface area (Å²) in [6.07, 6.45) is 2.33. The Kier molecular flexibility index (Phi) is 3.66. The van der Waals surface area contributed by atoms with Crippen molar-refractivity contribution in [3.05, 3.63) is 5.28 Å². The molecular weight excluding hydrogens is 238 g/mol. The van der Waals surface area contributed by atoms with E-state index in [9.17, 15) is 0 Å². The lowest BCUT2D eigenvalue weighted by molar-refractivity contribution is 0.374. The first-order valence-corrected chi connectivity index (χ1v) is 6.34. The van der Waals surface area contributed by atoms with Gasteiger partial charge in [-0.05, 0) is 37.3 Å². The molecule has 2 atom stereocenters. The molecule has 2 rings (SSSR count). The van der Waals surface area contributed by atoms with Crippen LogP contribution in [0.25, 0.3) is 0 Å². The molecule has 2 unspecified atom stereocenters. The molecule has 5 nitrogen and oxygen atoms in total. The maximum Gasteiger partial charge on any atom is 0.231 e. The van der Waals surface area contributed by atoms with Crippen molar-refractivity contribution in [2.24, 2.45) is 5.92 Å². The van der Waals surface area contributed by atoms with Crippen LogP contribution >= 0.6 is 11.6 Å². The van der Waals surface area contributed by atoms with Gasteiger partial charge < -0.3 is 10.2 Å². The van der Waals surface area contributed by atoms with Crippen molar-refractivity contribution >= 4 is 23.5 Å². The first kappa shape index (κ1) is 12.4. The number of rotatable bonds is 2. The Bertz CT molecular complexity index is 397. The second kappa shape index (κ2) is 5.04. The Morgan fingerprint density at radius 1 is 1.29 bits per heavy atom. The van der Waals surface area contributed by atoms with E-state index in [-0.39, 0.29) is 5.28 Å². The number of nitrogens with one attached hydrogen (secondary N) is 1. The summed E-state index contributed by atoms with van der Waals surface area (Å²) in [6.45, 7) is 5.46. The quantitative estimate of drug-likeness (QED) is 0.878. The highest BCUT2D eigenvalue weighted by molar-refractivity contribution is 6.28. The Hall–Kier alpha value is -1.10. The summed E-state index contributed by atoms with van der Waals surface area (Å²) in [4.78, 5) is 14.8. The zero-order chi connectivity index (χ0) is 12.4. The Balaban J connectivity index is 2.24. The summed E-state index contributed by atoms with van der Waals surface area (Å²) in [7, 11) is 1.77. The maximum atomic E-state index is 5.90. The standard InChI is InChI=1S/C11H18ClN5/c1-7-4-5-17(8(2)6-7)11-15-9(12)14-10(13-3)16-11/h7-8H,4-6H2,1-3H3,(H,13,14,15,16). The Labute approximate surface area is 107 Å². The number of anilines is 2. The molecule has 1 aliphatic heterocycles. The molecule has 1 saturated heterocycles. The van der Waals surface area contributed by atoms with Crippen LogP contribution in [0.15, 0.2) is 0 Å². The molecule has 0 saturated carbocycles. The van der Waals surface area contributed by atoms with Crippen LogP contribution in [0.5, 0.6) is 0 Å². The number of hydrogen-bond donors (Lipinski definition) is 1. The summed E-state index contributed by atoms with van der Waals surface area (Å²) in [5.74, 6) is 1.96. The monoisotopic (exact) mass is 255 g/mol. The lowest BCUT2D eigenvalue weighted by Crippen LogP contribution is -2.41. The third kappa shape index (κ3) is 2.77. The molecule has 0 radical (unpaired) electrons. The molecule has 0 spiro atoms. The third-order valence-electron chi connectivity index (χ3n) is 3.22.